The number of pyridine rings is 1. The zero-order chi connectivity index (χ0) is 41.5. The van der Waals surface area contributed by atoms with E-state index in [4.69, 9.17) is 9.72 Å². The van der Waals surface area contributed by atoms with E-state index >= 15 is 8.78 Å². The maximum atomic E-state index is 15.4. The first-order valence-corrected chi connectivity index (χ1v) is 19.7. The van der Waals surface area contributed by atoms with Gasteiger partial charge in [0.1, 0.15) is 29.6 Å². The molecule has 8 rings (SSSR count). The number of amides is 1. The Hall–Kier alpha value is -5.52. The summed E-state index contributed by atoms with van der Waals surface area (Å²) >= 11 is 0. The van der Waals surface area contributed by atoms with E-state index in [1.807, 2.05) is 0 Å². The fraction of sp³-hybridized carbons (Fsp3) is 0.368. The molecule has 1 amide bonds. The van der Waals surface area contributed by atoms with E-state index in [1.165, 1.54) is 10.7 Å². The van der Waals surface area contributed by atoms with Gasteiger partial charge in [0.2, 0.25) is 15.9 Å². The summed E-state index contributed by atoms with van der Waals surface area (Å²) in [6.45, 7) is -0.904. The maximum Gasteiger partial charge on any atom is 0.435 e. The van der Waals surface area contributed by atoms with Gasteiger partial charge in [-0.25, -0.2) is 22.2 Å². The second-order valence-corrected chi connectivity index (χ2v) is 16.4. The highest BCUT2D eigenvalue weighted by Gasteiger charge is 2.68. The van der Waals surface area contributed by atoms with E-state index in [9.17, 15) is 40.3 Å². The van der Waals surface area contributed by atoms with Crippen LogP contribution in [0.3, 0.4) is 0 Å². The number of nitrogens with zero attached hydrogens (tertiary/aromatic N) is 5. The lowest BCUT2D eigenvalue weighted by atomic mass is 9.93. The van der Waals surface area contributed by atoms with Crippen molar-refractivity contribution in [3.05, 3.63) is 94.1 Å². The van der Waals surface area contributed by atoms with Crippen molar-refractivity contribution in [3.8, 4) is 23.0 Å². The molecule has 5 aromatic rings. The quantitative estimate of drug-likeness (QED) is 0.134. The van der Waals surface area contributed by atoms with Gasteiger partial charge in [0.15, 0.2) is 17.1 Å². The van der Waals surface area contributed by atoms with Crippen molar-refractivity contribution in [3.63, 3.8) is 0 Å². The van der Waals surface area contributed by atoms with Crippen molar-refractivity contribution < 1.29 is 53.8 Å². The number of carbonyl (C=O) groups excluding carboxylic acids is 1. The molecule has 12 nitrogen and oxygen atoms in total. The van der Waals surface area contributed by atoms with Crippen LogP contribution in [0.1, 0.15) is 58.7 Å². The number of fused-ring (bicyclic) bond motifs is 4. The van der Waals surface area contributed by atoms with Crippen LogP contribution in [0, 0.1) is 29.4 Å². The molecular formula is C38H32F7N7O5S. The molecule has 2 fully saturated rings. The Labute approximate surface area is 325 Å². The minimum Gasteiger partial charge on any atom is -0.377 e. The normalized spacial score (nSPS) is 21.3. The number of aryl methyl sites for hydroxylation is 1. The third kappa shape index (κ3) is 7.37. The highest BCUT2D eigenvalue weighted by Crippen LogP contribution is 2.68. The van der Waals surface area contributed by atoms with E-state index in [-0.39, 0.29) is 60.8 Å². The Balaban J connectivity index is 1.26. The molecule has 0 radical (unpaired) electrons. The Kier molecular flexibility index (Phi) is 9.36. The number of hydrogen-bond donors (Lipinski definition) is 3. The summed E-state index contributed by atoms with van der Waals surface area (Å²) in [6, 6.07) is 9.12. The number of carbonyl (C=O) groups is 1. The molecular weight excluding hydrogens is 800 g/mol. The van der Waals surface area contributed by atoms with Gasteiger partial charge < -0.3 is 15.2 Å². The highest BCUT2D eigenvalue weighted by molar-refractivity contribution is 7.92. The fourth-order valence-corrected chi connectivity index (χ4v) is 8.33. The van der Waals surface area contributed by atoms with Gasteiger partial charge in [-0.05, 0) is 60.6 Å². The summed E-state index contributed by atoms with van der Waals surface area (Å²) in [5.41, 5.74) is -3.55. The molecule has 3 aromatic heterocycles. The Morgan fingerprint density at radius 1 is 1.10 bits per heavy atom. The van der Waals surface area contributed by atoms with E-state index in [0.29, 0.717) is 27.2 Å². The summed E-state index contributed by atoms with van der Waals surface area (Å²) in [7, 11) is -2.24. The SMILES string of the molecule is Cn1nc(NS(C)(=O)=O)c2cccc(-c3ccc(C#CC4(O)CCOC4)nc3[C@H](Cc3cc(F)cc(F)c3)NC(=O)Cn3nc(C(F)(F)F)c4c3C(F)(F)[C@@H]3CC43)c21. The Bertz CT molecular complexity index is 2660. The molecule has 58 heavy (non-hydrogen) atoms. The van der Waals surface area contributed by atoms with Gasteiger partial charge in [-0.3, -0.25) is 18.9 Å². The second kappa shape index (κ2) is 13.8. The molecule has 4 heterocycles. The molecule has 2 aromatic carbocycles. The number of para-hydroxylation sites is 1. The monoisotopic (exact) mass is 831 g/mol. The number of rotatable bonds is 9. The van der Waals surface area contributed by atoms with Gasteiger partial charge in [-0.2, -0.15) is 32.1 Å². The third-order valence-corrected chi connectivity index (χ3v) is 10.9. The van der Waals surface area contributed by atoms with Crippen LogP contribution in [-0.2, 0) is 51.7 Å². The van der Waals surface area contributed by atoms with Crippen molar-refractivity contribution in [2.75, 3.05) is 24.2 Å². The minimum absolute atomic E-state index is 0.000877. The summed E-state index contributed by atoms with van der Waals surface area (Å²) in [5, 5.41) is 21.6. The molecule has 304 valence electrons. The van der Waals surface area contributed by atoms with Gasteiger partial charge >= 0.3 is 6.18 Å². The number of sulfonamides is 1. The number of alkyl halides is 5. The standard InChI is InChI=1S/C38H32F7N7O5S/c1-51-32-24(4-3-5-25(32)35(49-51)50-58(2,55)56)23-7-6-22(8-9-36(54)10-11-57-18-36)46-31(23)28(14-19-12-20(39)15-21(40)13-19)47-29(53)17-52-34-30(33(48-52)38(43,44)45)26-16-27(26)37(34,41)42/h3-7,12-13,15,26-28,54H,10-11,14,16-18H2,1-2H3,(H,47,53)(H,49,50)/t26?,27-,28+,36?/m1/s1. The van der Waals surface area contributed by atoms with Crippen molar-refractivity contribution in [1.82, 2.24) is 29.9 Å². The van der Waals surface area contributed by atoms with Gasteiger partial charge in [0.25, 0.3) is 5.92 Å². The number of anilines is 1. The average Bonchev–Trinajstić information content (AvgIpc) is 3.36. The largest absolute Gasteiger partial charge is 0.435 e. The van der Waals surface area contributed by atoms with E-state index in [2.05, 4.69) is 32.1 Å². The molecule has 1 saturated carbocycles. The number of benzene rings is 2. The van der Waals surface area contributed by atoms with Crippen LogP contribution in [0.15, 0.2) is 48.5 Å². The molecule has 3 N–H and O–H groups in total. The van der Waals surface area contributed by atoms with Crippen molar-refractivity contribution in [2.24, 2.45) is 13.0 Å². The molecule has 2 aliphatic carbocycles. The number of aromatic nitrogens is 5. The molecule has 2 unspecified atom stereocenters. The van der Waals surface area contributed by atoms with Crippen LogP contribution in [0.5, 0.6) is 0 Å². The zero-order valence-electron chi connectivity index (χ0n) is 30.5. The Morgan fingerprint density at radius 2 is 1.84 bits per heavy atom. The zero-order valence-corrected chi connectivity index (χ0v) is 31.3. The maximum absolute atomic E-state index is 15.4. The lowest BCUT2D eigenvalue weighted by Gasteiger charge is -2.23. The lowest BCUT2D eigenvalue weighted by Crippen LogP contribution is -2.35. The summed E-state index contributed by atoms with van der Waals surface area (Å²) < 4.78 is 136. The summed E-state index contributed by atoms with van der Waals surface area (Å²) in [4.78, 5) is 18.7. The van der Waals surface area contributed by atoms with Crippen molar-refractivity contribution >= 4 is 32.7 Å². The van der Waals surface area contributed by atoms with Gasteiger partial charge in [-0.15, -0.1) is 0 Å². The summed E-state index contributed by atoms with van der Waals surface area (Å²) in [6.07, 6.45) is -4.47. The van der Waals surface area contributed by atoms with E-state index in [0.717, 1.165) is 18.4 Å². The highest BCUT2D eigenvalue weighted by atomic mass is 32.2. The minimum atomic E-state index is -5.08. The molecule has 0 bridgehead atoms. The van der Waals surface area contributed by atoms with Crippen LogP contribution >= 0.6 is 0 Å². The molecule has 4 atom stereocenters. The topological polar surface area (TPSA) is 153 Å². The van der Waals surface area contributed by atoms with E-state index in [1.54, 1.807) is 31.3 Å². The van der Waals surface area contributed by atoms with Crippen LogP contribution < -0.4 is 10.0 Å². The van der Waals surface area contributed by atoms with E-state index < -0.39 is 86.6 Å². The Morgan fingerprint density at radius 3 is 2.52 bits per heavy atom. The van der Waals surface area contributed by atoms with Crippen LogP contribution in [0.4, 0.5) is 36.6 Å². The number of ether oxygens (including phenoxy) is 1. The van der Waals surface area contributed by atoms with Crippen molar-refractivity contribution in [1.29, 1.82) is 0 Å². The van der Waals surface area contributed by atoms with Gasteiger partial charge in [0, 0.05) is 47.5 Å². The lowest BCUT2D eigenvalue weighted by molar-refractivity contribution is -0.142. The molecule has 3 aliphatic rings. The van der Waals surface area contributed by atoms with Crippen molar-refractivity contribution in [2.45, 2.75) is 55.5 Å². The van der Waals surface area contributed by atoms with Crippen LogP contribution in [-0.4, -0.2) is 69.0 Å². The van der Waals surface area contributed by atoms with Gasteiger partial charge in [0.05, 0.1) is 36.7 Å². The number of hydrogen-bond acceptors (Lipinski definition) is 8. The third-order valence-electron chi connectivity index (χ3n) is 10.3. The first-order valence-electron chi connectivity index (χ1n) is 17.8. The number of nitrogens with one attached hydrogen (secondary N) is 2. The molecule has 1 aliphatic heterocycles. The first kappa shape index (κ1) is 39.3. The predicted octanol–water partition coefficient (Wildman–Crippen LogP) is 5.31. The second-order valence-electron chi connectivity index (χ2n) is 14.7. The fourth-order valence-electron chi connectivity index (χ4n) is 7.83. The number of aliphatic hydroxyl groups is 1. The average molecular weight is 832 g/mol. The molecule has 1 saturated heterocycles. The van der Waals surface area contributed by atoms with Crippen LogP contribution in [0.25, 0.3) is 22.0 Å². The molecule has 0 spiro atoms. The summed E-state index contributed by atoms with van der Waals surface area (Å²) in [5.74, 6) is -3.57. The van der Waals surface area contributed by atoms with Crippen LogP contribution in [0.2, 0.25) is 0 Å². The number of halogens is 7. The molecule has 20 heteroatoms. The predicted molar refractivity (Wildman–Crippen MR) is 193 cm³/mol. The van der Waals surface area contributed by atoms with Gasteiger partial charge in [-0.1, -0.05) is 18.1 Å². The smallest absolute Gasteiger partial charge is 0.377 e. The first-order chi connectivity index (χ1) is 27.2.